The molecule has 1 atom stereocenters. The zero-order valence-electron chi connectivity index (χ0n) is 13.0. The van der Waals surface area contributed by atoms with Gasteiger partial charge >= 0.3 is 0 Å². The van der Waals surface area contributed by atoms with E-state index in [2.05, 4.69) is 27.5 Å². The largest absolute Gasteiger partial charge is 0.381 e. The van der Waals surface area contributed by atoms with Crippen LogP contribution >= 0.6 is 0 Å². The van der Waals surface area contributed by atoms with Crippen LogP contribution in [-0.4, -0.2) is 42.9 Å². The molecule has 0 saturated carbocycles. The maximum Gasteiger partial charge on any atom is 0.158 e. The Hall–Kier alpha value is -1.40. The standard InChI is InChI=1S/C15H26N4O2/c1-3-6-16-13-8-14(17-9-12-5-7-21-10-12)19-15(18-13)11-20-4-2/h8,12H,3-7,9-11H2,1-2H3,(H2,16,17,18,19). The van der Waals surface area contributed by atoms with Crippen LogP contribution in [0.2, 0.25) is 0 Å². The van der Waals surface area contributed by atoms with Crippen molar-refractivity contribution in [2.24, 2.45) is 5.92 Å². The van der Waals surface area contributed by atoms with E-state index >= 15 is 0 Å². The number of hydrogen-bond donors (Lipinski definition) is 2. The highest BCUT2D eigenvalue weighted by molar-refractivity contribution is 5.47. The Morgan fingerprint density at radius 1 is 1.29 bits per heavy atom. The van der Waals surface area contributed by atoms with Crippen molar-refractivity contribution >= 4 is 11.6 Å². The van der Waals surface area contributed by atoms with Crippen LogP contribution in [0.3, 0.4) is 0 Å². The number of nitrogens with one attached hydrogen (secondary N) is 2. The monoisotopic (exact) mass is 294 g/mol. The zero-order chi connectivity index (χ0) is 14.9. The Balaban J connectivity index is 1.98. The summed E-state index contributed by atoms with van der Waals surface area (Å²) < 4.78 is 10.8. The van der Waals surface area contributed by atoms with Crippen LogP contribution in [0.1, 0.15) is 32.5 Å². The minimum Gasteiger partial charge on any atom is -0.381 e. The molecule has 1 aliphatic rings. The van der Waals surface area contributed by atoms with E-state index in [-0.39, 0.29) is 0 Å². The third kappa shape index (κ3) is 5.47. The molecule has 0 bridgehead atoms. The van der Waals surface area contributed by atoms with Gasteiger partial charge in [0, 0.05) is 38.3 Å². The summed E-state index contributed by atoms with van der Waals surface area (Å²) in [4.78, 5) is 8.99. The number of aromatic nitrogens is 2. The minimum atomic E-state index is 0.444. The molecule has 1 aromatic rings. The topological polar surface area (TPSA) is 68.3 Å². The molecule has 1 saturated heterocycles. The highest BCUT2D eigenvalue weighted by atomic mass is 16.5. The van der Waals surface area contributed by atoms with E-state index in [9.17, 15) is 0 Å². The first-order chi connectivity index (χ1) is 10.3. The second-order valence-corrected chi connectivity index (χ2v) is 5.23. The van der Waals surface area contributed by atoms with Gasteiger partial charge in [-0.15, -0.1) is 0 Å². The molecule has 1 aliphatic heterocycles. The van der Waals surface area contributed by atoms with Gasteiger partial charge in [0.05, 0.1) is 6.61 Å². The van der Waals surface area contributed by atoms with Gasteiger partial charge in [-0.1, -0.05) is 6.92 Å². The lowest BCUT2D eigenvalue weighted by molar-refractivity contribution is 0.128. The molecular weight excluding hydrogens is 268 g/mol. The second-order valence-electron chi connectivity index (χ2n) is 5.23. The normalized spacial score (nSPS) is 17.9. The molecule has 21 heavy (non-hydrogen) atoms. The fraction of sp³-hybridized carbons (Fsp3) is 0.733. The van der Waals surface area contributed by atoms with Crippen molar-refractivity contribution in [3.63, 3.8) is 0 Å². The summed E-state index contributed by atoms with van der Waals surface area (Å²) in [6.45, 7) is 8.71. The van der Waals surface area contributed by atoms with Crippen molar-refractivity contribution in [3.8, 4) is 0 Å². The van der Waals surface area contributed by atoms with Crippen molar-refractivity contribution in [2.75, 3.05) is 43.5 Å². The Morgan fingerprint density at radius 2 is 2.10 bits per heavy atom. The van der Waals surface area contributed by atoms with Gasteiger partial charge in [0.1, 0.15) is 18.2 Å². The number of rotatable bonds is 9. The summed E-state index contributed by atoms with van der Waals surface area (Å²) in [5.41, 5.74) is 0. The summed E-state index contributed by atoms with van der Waals surface area (Å²) in [6.07, 6.45) is 2.18. The minimum absolute atomic E-state index is 0.444. The zero-order valence-corrected chi connectivity index (χ0v) is 13.0. The summed E-state index contributed by atoms with van der Waals surface area (Å²) in [6, 6.07) is 1.96. The van der Waals surface area contributed by atoms with E-state index < -0.39 is 0 Å². The number of anilines is 2. The molecule has 1 fully saturated rings. The van der Waals surface area contributed by atoms with Crippen molar-refractivity contribution in [2.45, 2.75) is 33.3 Å². The third-order valence-electron chi connectivity index (χ3n) is 3.36. The Morgan fingerprint density at radius 3 is 2.76 bits per heavy atom. The van der Waals surface area contributed by atoms with Crippen molar-refractivity contribution < 1.29 is 9.47 Å². The fourth-order valence-corrected chi connectivity index (χ4v) is 2.18. The Bertz CT molecular complexity index is 396. The van der Waals surface area contributed by atoms with Gasteiger partial charge < -0.3 is 20.1 Å². The van der Waals surface area contributed by atoms with Crippen molar-refractivity contribution in [3.05, 3.63) is 11.9 Å². The lowest BCUT2D eigenvalue weighted by Gasteiger charge is -2.13. The van der Waals surface area contributed by atoms with E-state index in [0.717, 1.165) is 50.8 Å². The van der Waals surface area contributed by atoms with E-state index in [1.54, 1.807) is 0 Å². The van der Waals surface area contributed by atoms with Crippen molar-refractivity contribution in [1.82, 2.24) is 9.97 Å². The molecule has 6 nitrogen and oxygen atoms in total. The number of hydrogen-bond acceptors (Lipinski definition) is 6. The molecule has 1 unspecified atom stereocenters. The molecule has 0 aromatic carbocycles. The molecule has 0 spiro atoms. The van der Waals surface area contributed by atoms with Crippen LogP contribution in [0.15, 0.2) is 6.07 Å². The lowest BCUT2D eigenvalue weighted by Crippen LogP contribution is -2.16. The van der Waals surface area contributed by atoms with Gasteiger partial charge in [-0.25, -0.2) is 9.97 Å². The molecule has 2 heterocycles. The quantitative estimate of drug-likeness (QED) is 0.728. The smallest absolute Gasteiger partial charge is 0.158 e. The maximum atomic E-state index is 5.41. The van der Waals surface area contributed by atoms with Crippen LogP contribution in [0.25, 0.3) is 0 Å². The summed E-state index contributed by atoms with van der Waals surface area (Å²) >= 11 is 0. The van der Waals surface area contributed by atoms with Gasteiger partial charge in [-0.05, 0) is 19.8 Å². The van der Waals surface area contributed by atoms with E-state index in [1.807, 2.05) is 13.0 Å². The lowest BCUT2D eigenvalue weighted by atomic mass is 10.1. The molecule has 0 radical (unpaired) electrons. The first-order valence-electron chi connectivity index (χ1n) is 7.83. The third-order valence-corrected chi connectivity index (χ3v) is 3.36. The van der Waals surface area contributed by atoms with Gasteiger partial charge in [-0.3, -0.25) is 0 Å². The van der Waals surface area contributed by atoms with E-state index in [0.29, 0.717) is 25.0 Å². The first-order valence-corrected chi connectivity index (χ1v) is 7.83. The van der Waals surface area contributed by atoms with Gasteiger partial charge in [0.15, 0.2) is 5.82 Å². The van der Waals surface area contributed by atoms with E-state index in [1.165, 1.54) is 0 Å². The Kier molecular flexibility index (Phi) is 6.69. The highest BCUT2D eigenvalue weighted by Crippen LogP contribution is 2.16. The summed E-state index contributed by atoms with van der Waals surface area (Å²) in [5, 5.41) is 6.70. The predicted octanol–water partition coefficient (Wildman–Crippen LogP) is 2.28. The SMILES string of the molecule is CCCNc1cc(NCC2CCOC2)nc(COCC)n1. The molecule has 2 rings (SSSR count). The van der Waals surface area contributed by atoms with E-state index in [4.69, 9.17) is 9.47 Å². The molecule has 0 aliphatic carbocycles. The van der Waals surface area contributed by atoms with Crippen LogP contribution in [0.5, 0.6) is 0 Å². The molecule has 2 N–H and O–H groups in total. The van der Waals surface area contributed by atoms with Crippen LogP contribution in [-0.2, 0) is 16.1 Å². The highest BCUT2D eigenvalue weighted by Gasteiger charge is 2.15. The molecule has 118 valence electrons. The second kappa shape index (κ2) is 8.79. The fourth-order valence-electron chi connectivity index (χ4n) is 2.18. The average Bonchev–Trinajstić information content (AvgIpc) is 3.02. The summed E-state index contributed by atoms with van der Waals surface area (Å²) in [7, 11) is 0. The molecule has 6 heteroatoms. The Labute approximate surface area is 126 Å². The summed E-state index contributed by atoms with van der Waals surface area (Å²) in [5.74, 6) is 2.99. The van der Waals surface area contributed by atoms with Gasteiger partial charge in [-0.2, -0.15) is 0 Å². The number of nitrogens with zero attached hydrogens (tertiary/aromatic N) is 2. The van der Waals surface area contributed by atoms with Gasteiger partial charge in [0.25, 0.3) is 0 Å². The van der Waals surface area contributed by atoms with Crippen LogP contribution in [0.4, 0.5) is 11.6 Å². The van der Waals surface area contributed by atoms with Gasteiger partial charge in [0.2, 0.25) is 0 Å². The van der Waals surface area contributed by atoms with Crippen molar-refractivity contribution in [1.29, 1.82) is 0 Å². The average molecular weight is 294 g/mol. The predicted molar refractivity (Wildman–Crippen MR) is 83.6 cm³/mol. The molecule has 1 aromatic heterocycles. The molecule has 0 amide bonds. The maximum absolute atomic E-state index is 5.41. The molecular formula is C15H26N4O2. The van der Waals surface area contributed by atoms with Crippen LogP contribution in [0, 0.1) is 5.92 Å². The first kappa shape index (κ1) is 16.0. The van der Waals surface area contributed by atoms with Crippen LogP contribution < -0.4 is 10.6 Å². The number of ether oxygens (including phenoxy) is 2.